The lowest BCUT2D eigenvalue weighted by Gasteiger charge is -2.44. The average Bonchev–Trinajstić information content (AvgIpc) is 3.01. The molecule has 0 bridgehead atoms. The summed E-state index contributed by atoms with van der Waals surface area (Å²) in [6, 6.07) is 0. The molecule has 0 radical (unpaired) electrons. The summed E-state index contributed by atoms with van der Waals surface area (Å²) in [5.41, 5.74) is 0.365. The van der Waals surface area contributed by atoms with Crippen LogP contribution in [0.5, 0.6) is 0 Å². The Balaban J connectivity index is 1.62. The Labute approximate surface area is 110 Å². The molecular weight excluding hydrogens is 228 g/mol. The minimum Gasteiger partial charge on any atom is -0.378 e. The fraction of sp³-hybridized carbons (Fsp3) is 1.00. The van der Waals surface area contributed by atoms with Gasteiger partial charge in [0.2, 0.25) is 0 Å². The Bertz CT molecular complexity index is 284. The number of methoxy groups -OCH3 is 1. The zero-order chi connectivity index (χ0) is 12.5. The van der Waals surface area contributed by atoms with Crippen molar-refractivity contribution >= 4 is 0 Å². The lowest BCUT2D eigenvalue weighted by atomic mass is 9.93. The van der Waals surface area contributed by atoms with Crippen molar-refractivity contribution in [3.8, 4) is 0 Å². The van der Waals surface area contributed by atoms with E-state index in [2.05, 4.69) is 10.2 Å². The van der Waals surface area contributed by atoms with Crippen LogP contribution in [0, 0.1) is 0 Å². The summed E-state index contributed by atoms with van der Waals surface area (Å²) in [4.78, 5) is 2.60. The van der Waals surface area contributed by atoms with Gasteiger partial charge in [-0.1, -0.05) is 12.8 Å². The van der Waals surface area contributed by atoms with Crippen molar-refractivity contribution in [3.63, 3.8) is 0 Å². The number of rotatable bonds is 3. The Morgan fingerprint density at radius 1 is 1.28 bits per heavy atom. The van der Waals surface area contributed by atoms with Crippen LogP contribution in [0.3, 0.4) is 0 Å². The van der Waals surface area contributed by atoms with E-state index in [-0.39, 0.29) is 5.60 Å². The van der Waals surface area contributed by atoms with Crippen molar-refractivity contribution in [2.45, 2.75) is 43.2 Å². The van der Waals surface area contributed by atoms with Crippen LogP contribution in [-0.2, 0) is 9.47 Å². The molecule has 0 aromatic rings. The van der Waals surface area contributed by atoms with Crippen molar-refractivity contribution in [2.75, 3.05) is 46.5 Å². The van der Waals surface area contributed by atoms with Gasteiger partial charge in [0.05, 0.1) is 6.61 Å². The highest BCUT2D eigenvalue weighted by molar-refractivity contribution is 5.00. The molecule has 4 nitrogen and oxygen atoms in total. The fourth-order valence-corrected chi connectivity index (χ4v) is 3.91. The van der Waals surface area contributed by atoms with Crippen LogP contribution < -0.4 is 5.32 Å². The molecule has 104 valence electrons. The Hall–Kier alpha value is -0.160. The third-order valence-electron chi connectivity index (χ3n) is 5.03. The molecule has 3 aliphatic rings. The molecular formula is C14H26N2O2. The van der Waals surface area contributed by atoms with E-state index in [0.29, 0.717) is 5.54 Å². The Kier molecular flexibility index (Phi) is 3.63. The third kappa shape index (κ3) is 2.44. The largest absolute Gasteiger partial charge is 0.378 e. The Morgan fingerprint density at radius 2 is 2.11 bits per heavy atom. The van der Waals surface area contributed by atoms with Gasteiger partial charge in [-0.15, -0.1) is 0 Å². The maximum absolute atomic E-state index is 5.77. The van der Waals surface area contributed by atoms with Gasteiger partial charge in [0.15, 0.2) is 0 Å². The van der Waals surface area contributed by atoms with Crippen LogP contribution in [0.1, 0.15) is 32.1 Å². The molecule has 0 aromatic heterocycles. The lowest BCUT2D eigenvalue weighted by Crippen LogP contribution is -2.61. The molecule has 0 aromatic carbocycles. The molecule has 3 fully saturated rings. The maximum Gasteiger partial charge on any atom is 0.106 e. The van der Waals surface area contributed by atoms with E-state index >= 15 is 0 Å². The number of nitrogens with zero attached hydrogens (tertiary/aromatic N) is 1. The van der Waals surface area contributed by atoms with Crippen LogP contribution in [0.25, 0.3) is 0 Å². The summed E-state index contributed by atoms with van der Waals surface area (Å²) < 4.78 is 11.3. The molecule has 2 aliphatic heterocycles. The SMILES string of the molecule is COC1(CN2CCNC3(CCCC3)C2)CCOC1. The summed E-state index contributed by atoms with van der Waals surface area (Å²) in [5, 5.41) is 3.77. The number of hydrogen-bond donors (Lipinski definition) is 1. The van der Waals surface area contributed by atoms with Crippen LogP contribution in [-0.4, -0.2) is 62.5 Å². The van der Waals surface area contributed by atoms with Crippen LogP contribution in [0.4, 0.5) is 0 Å². The fourth-order valence-electron chi connectivity index (χ4n) is 3.91. The standard InChI is InChI=1S/C14H26N2O2/c1-17-14(6-9-18-12-14)11-16-8-7-15-13(10-16)4-2-3-5-13/h15H,2-12H2,1H3. The number of hydrogen-bond acceptors (Lipinski definition) is 4. The molecule has 1 N–H and O–H groups in total. The first-order valence-corrected chi connectivity index (χ1v) is 7.36. The van der Waals surface area contributed by atoms with E-state index in [1.807, 2.05) is 7.11 Å². The predicted octanol–water partition coefficient (Wildman–Crippen LogP) is 1.01. The van der Waals surface area contributed by atoms with Gasteiger partial charge in [-0.3, -0.25) is 4.90 Å². The van der Waals surface area contributed by atoms with Crippen LogP contribution in [0.15, 0.2) is 0 Å². The van der Waals surface area contributed by atoms with Gasteiger partial charge in [-0.05, 0) is 12.8 Å². The molecule has 3 rings (SSSR count). The minimum atomic E-state index is -0.0445. The quantitative estimate of drug-likeness (QED) is 0.815. The monoisotopic (exact) mass is 254 g/mol. The first-order valence-electron chi connectivity index (χ1n) is 7.36. The van der Waals surface area contributed by atoms with Crippen molar-refractivity contribution in [2.24, 2.45) is 0 Å². The van der Waals surface area contributed by atoms with Crippen LogP contribution in [0.2, 0.25) is 0 Å². The minimum absolute atomic E-state index is 0.0445. The molecule has 1 saturated carbocycles. The normalized spacial score (nSPS) is 36.5. The van der Waals surface area contributed by atoms with Gasteiger partial charge in [0.25, 0.3) is 0 Å². The zero-order valence-electron chi connectivity index (χ0n) is 11.5. The highest BCUT2D eigenvalue weighted by Gasteiger charge is 2.42. The highest BCUT2D eigenvalue weighted by atomic mass is 16.5. The van der Waals surface area contributed by atoms with Gasteiger partial charge in [0, 0.05) is 51.9 Å². The smallest absolute Gasteiger partial charge is 0.106 e. The maximum atomic E-state index is 5.77. The zero-order valence-corrected chi connectivity index (χ0v) is 11.5. The van der Waals surface area contributed by atoms with Gasteiger partial charge in [-0.25, -0.2) is 0 Å². The van der Waals surface area contributed by atoms with Gasteiger partial charge < -0.3 is 14.8 Å². The van der Waals surface area contributed by atoms with E-state index in [0.717, 1.165) is 39.3 Å². The second-order valence-corrected chi connectivity index (χ2v) is 6.31. The molecule has 2 saturated heterocycles. The summed E-state index contributed by atoms with van der Waals surface area (Å²) in [7, 11) is 1.84. The van der Waals surface area contributed by atoms with Gasteiger partial charge in [0.1, 0.15) is 5.60 Å². The summed E-state index contributed by atoms with van der Waals surface area (Å²) in [6.07, 6.45) is 6.51. The van der Waals surface area contributed by atoms with Gasteiger partial charge >= 0.3 is 0 Å². The van der Waals surface area contributed by atoms with E-state index in [1.54, 1.807) is 0 Å². The second kappa shape index (κ2) is 5.08. The Morgan fingerprint density at radius 3 is 2.78 bits per heavy atom. The van der Waals surface area contributed by atoms with Crippen LogP contribution >= 0.6 is 0 Å². The van der Waals surface area contributed by atoms with E-state index in [4.69, 9.17) is 9.47 Å². The molecule has 2 heterocycles. The molecule has 0 amide bonds. The summed E-state index contributed by atoms with van der Waals surface area (Å²) in [6.45, 7) is 6.12. The predicted molar refractivity (Wildman–Crippen MR) is 70.8 cm³/mol. The van der Waals surface area contributed by atoms with E-state index in [9.17, 15) is 0 Å². The second-order valence-electron chi connectivity index (χ2n) is 6.31. The molecule has 1 atom stereocenters. The van der Waals surface area contributed by atoms with Crippen molar-refractivity contribution in [3.05, 3.63) is 0 Å². The molecule has 1 unspecified atom stereocenters. The number of nitrogens with one attached hydrogen (secondary N) is 1. The molecule has 18 heavy (non-hydrogen) atoms. The topological polar surface area (TPSA) is 33.7 Å². The third-order valence-corrected chi connectivity index (χ3v) is 5.03. The molecule has 1 aliphatic carbocycles. The number of piperazine rings is 1. The summed E-state index contributed by atoms with van der Waals surface area (Å²) >= 11 is 0. The first-order chi connectivity index (χ1) is 8.76. The first kappa shape index (κ1) is 12.9. The molecule has 4 heteroatoms. The van der Waals surface area contributed by atoms with Crippen molar-refractivity contribution in [1.82, 2.24) is 10.2 Å². The van der Waals surface area contributed by atoms with E-state index in [1.165, 1.54) is 32.2 Å². The van der Waals surface area contributed by atoms with Crippen molar-refractivity contribution in [1.29, 1.82) is 0 Å². The van der Waals surface area contributed by atoms with E-state index < -0.39 is 0 Å². The average molecular weight is 254 g/mol. The number of ether oxygens (including phenoxy) is 2. The lowest BCUT2D eigenvalue weighted by molar-refractivity contribution is -0.0495. The van der Waals surface area contributed by atoms with Crippen molar-refractivity contribution < 1.29 is 9.47 Å². The summed E-state index contributed by atoms with van der Waals surface area (Å²) in [5.74, 6) is 0. The van der Waals surface area contributed by atoms with Gasteiger partial charge in [-0.2, -0.15) is 0 Å². The highest BCUT2D eigenvalue weighted by Crippen LogP contribution is 2.33. The molecule has 1 spiro atoms.